The Bertz CT molecular complexity index is 249. The van der Waals surface area contributed by atoms with Crippen molar-refractivity contribution in [1.82, 2.24) is 15.3 Å². The number of nitrogens with one attached hydrogen (secondary N) is 2. The highest BCUT2D eigenvalue weighted by molar-refractivity contribution is 7.99. The summed E-state index contributed by atoms with van der Waals surface area (Å²) in [5.74, 6) is 1.15. The fourth-order valence-electron chi connectivity index (χ4n) is 1.63. The first kappa shape index (κ1) is 13.6. The van der Waals surface area contributed by atoms with E-state index in [9.17, 15) is 0 Å². The molecule has 0 aliphatic heterocycles. The molecule has 1 aromatic rings. The van der Waals surface area contributed by atoms with Gasteiger partial charge in [0.1, 0.15) is 0 Å². The minimum atomic E-state index is 0.692. The molecule has 0 saturated carbocycles. The molecule has 1 atom stereocenters. The Morgan fingerprint density at radius 2 is 2.38 bits per heavy atom. The number of thioether (sulfide) groups is 1. The number of aromatic amines is 1. The molecule has 0 aromatic carbocycles. The van der Waals surface area contributed by atoms with Crippen molar-refractivity contribution in [3.63, 3.8) is 0 Å². The quantitative estimate of drug-likeness (QED) is 0.516. The van der Waals surface area contributed by atoms with E-state index in [1.54, 1.807) is 6.20 Å². The maximum atomic E-state index is 4.19. The highest BCUT2D eigenvalue weighted by Crippen LogP contribution is 2.14. The zero-order valence-electron chi connectivity index (χ0n) is 10.3. The van der Waals surface area contributed by atoms with Gasteiger partial charge in [-0.25, -0.2) is 4.98 Å². The van der Waals surface area contributed by atoms with Crippen LogP contribution in [0, 0.1) is 0 Å². The molecule has 1 aromatic heterocycles. The van der Waals surface area contributed by atoms with Gasteiger partial charge in [-0.2, -0.15) is 0 Å². The summed E-state index contributed by atoms with van der Waals surface area (Å²) < 4.78 is 0. The molecule has 0 bridgehead atoms. The van der Waals surface area contributed by atoms with Gasteiger partial charge in [-0.1, -0.05) is 25.6 Å². The molecular formula is C12H23N3S. The number of rotatable bonds is 9. The number of H-pyrrole nitrogens is 1. The first-order valence-corrected chi connectivity index (χ1v) is 7.21. The predicted octanol–water partition coefficient (Wildman–Crippen LogP) is 3.06. The molecule has 0 amide bonds. The van der Waals surface area contributed by atoms with E-state index < -0.39 is 0 Å². The van der Waals surface area contributed by atoms with Crippen molar-refractivity contribution in [1.29, 1.82) is 0 Å². The van der Waals surface area contributed by atoms with Crippen LogP contribution in [0.4, 0.5) is 0 Å². The van der Waals surface area contributed by atoms with Crippen molar-refractivity contribution in [2.45, 2.75) is 50.7 Å². The molecule has 92 valence electrons. The molecule has 0 radical (unpaired) electrons. The molecule has 4 heteroatoms. The predicted molar refractivity (Wildman–Crippen MR) is 70.9 cm³/mol. The number of hydrogen-bond donors (Lipinski definition) is 2. The summed E-state index contributed by atoms with van der Waals surface area (Å²) in [6.45, 7) is 5.61. The third kappa shape index (κ3) is 5.56. The lowest BCUT2D eigenvalue weighted by atomic mass is 10.1. The third-order valence-corrected chi connectivity index (χ3v) is 3.57. The van der Waals surface area contributed by atoms with Crippen LogP contribution in [0.3, 0.4) is 0 Å². The van der Waals surface area contributed by atoms with Gasteiger partial charge in [0, 0.05) is 24.2 Å². The molecule has 0 aliphatic rings. The highest BCUT2D eigenvalue weighted by atomic mass is 32.2. The van der Waals surface area contributed by atoms with E-state index >= 15 is 0 Å². The van der Waals surface area contributed by atoms with E-state index in [1.807, 2.05) is 18.0 Å². The normalized spacial score (nSPS) is 12.9. The lowest BCUT2D eigenvalue weighted by molar-refractivity contribution is 0.465. The van der Waals surface area contributed by atoms with Crippen molar-refractivity contribution in [2.24, 2.45) is 0 Å². The van der Waals surface area contributed by atoms with Gasteiger partial charge in [0.2, 0.25) is 0 Å². The molecule has 0 aliphatic carbocycles. The molecule has 2 N–H and O–H groups in total. The highest BCUT2D eigenvalue weighted by Gasteiger charge is 2.04. The second-order valence-electron chi connectivity index (χ2n) is 3.94. The molecule has 0 saturated heterocycles. The van der Waals surface area contributed by atoms with Gasteiger partial charge in [-0.15, -0.1) is 0 Å². The van der Waals surface area contributed by atoms with Gasteiger partial charge < -0.3 is 10.3 Å². The number of imidazole rings is 1. The fraction of sp³-hybridized carbons (Fsp3) is 0.750. The second kappa shape index (κ2) is 8.65. The summed E-state index contributed by atoms with van der Waals surface area (Å²) in [7, 11) is 0. The van der Waals surface area contributed by atoms with Gasteiger partial charge >= 0.3 is 0 Å². The monoisotopic (exact) mass is 241 g/mol. The van der Waals surface area contributed by atoms with Crippen molar-refractivity contribution in [2.75, 3.05) is 12.3 Å². The lowest BCUT2D eigenvalue weighted by Gasteiger charge is -2.15. The summed E-state index contributed by atoms with van der Waals surface area (Å²) in [4.78, 5) is 7.30. The minimum Gasteiger partial charge on any atom is -0.340 e. The van der Waals surface area contributed by atoms with E-state index in [2.05, 4.69) is 29.1 Å². The summed E-state index contributed by atoms with van der Waals surface area (Å²) in [6, 6.07) is 0.692. The summed E-state index contributed by atoms with van der Waals surface area (Å²) in [5, 5.41) is 4.62. The SMILES string of the molecule is CCCNC(CC)CCCSc1ncc[nH]1. The average molecular weight is 241 g/mol. The Hall–Kier alpha value is -0.480. The number of hydrogen-bond acceptors (Lipinski definition) is 3. The van der Waals surface area contributed by atoms with E-state index in [-0.39, 0.29) is 0 Å². The van der Waals surface area contributed by atoms with Gasteiger partial charge in [0.05, 0.1) is 0 Å². The molecule has 0 spiro atoms. The first-order chi connectivity index (χ1) is 7.86. The largest absolute Gasteiger partial charge is 0.340 e. The number of aromatic nitrogens is 2. The Kier molecular flexibility index (Phi) is 7.34. The van der Waals surface area contributed by atoms with Crippen LogP contribution < -0.4 is 5.32 Å². The summed E-state index contributed by atoms with van der Waals surface area (Å²) >= 11 is 1.81. The minimum absolute atomic E-state index is 0.692. The van der Waals surface area contributed by atoms with Crippen LogP contribution in [-0.4, -0.2) is 28.3 Å². The van der Waals surface area contributed by atoms with Gasteiger partial charge in [0.25, 0.3) is 0 Å². The zero-order chi connectivity index (χ0) is 11.6. The first-order valence-electron chi connectivity index (χ1n) is 6.22. The molecule has 1 unspecified atom stereocenters. The topological polar surface area (TPSA) is 40.7 Å². The Balaban J connectivity index is 2.04. The fourth-order valence-corrected chi connectivity index (χ4v) is 2.42. The maximum Gasteiger partial charge on any atom is 0.165 e. The van der Waals surface area contributed by atoms with E-state index in [4.69, 9.17) is 0 Å². The number of nitrogens with zero attached hydrogens (tertiary/aromatic N) is 1. The molecule has 1 heterocycles. The van der Waals surface area contributed by atoms with Crippen molar-refractivity contribution in [3.05, 3.63) is 12.4 Å². The van der Waals surface area contributed by atoms with Crippen molar-refractivity contribution >= 4 is 11.8 Å². The lowest BCUT2D eigenvalue weighted by Crippen LogP contribution is -2.29. The third-order valence-electron chi connectivity index (χ3n) is 2.58. The van der Waals surface area contributed by atoms with Gasteiger partial charge in [-0.3, -0.25) is 0 Å². The van der Waals surface area contributed by atoms with Crippen molar-refractivity contribution < 1.29 is 0 Å². The van der Waals surface area contributed by atoms with Crippen LogP contribution in [0.5, 0.6) is 0 Å². The van der Waals surface area contributed by atoms with Crippen LogP contribution in [0.25, 0.3) is 0 Å². The Labute approximate surface area is 103 Å². The van der Waals surface area contributed by atoms with Gasteiger partial charge in [0.15, 0.2) is 5.16 Å². The van der Waals surface area contributed by atoms with Gasteiger partial charge in [-0.05, 0) is 32.2 Å². The molecule has 1 rings (SSSR count). The Morgan fingerprint density at radius 1 is 1.50 bits per heavy atom. The second-order valence-corrected chi connectivity index (χ2v) is 5.03. The van der Waals surface area contributed by atoms with E-state index in [0.29, 0.717) is 6.04 Å². The van der Waals surface area contributed by atoms with Crippen LogP contribution in [0.2, 0.25) is 0 Å². The molecule has 0 fully saturated rings. The van der Waals surface area contributed by atoms with Crippen LogP contribution >= 0.6 is 11.8 Å². The summed E-state index contributed by atoms with van der Waals surface area (Å²) in [5.41, 5.74) is 0. The average Bonchev–Trinajstić information content (AvgIpc) is 2.81. The maximum absolute atomic E-state index is 4.19. The van der Waals surface area contributed by atoms with Crippen molar-refractivity contribution in [3.8, 4) is 0 Å². The summed E-state index contributed by atoms with van der Waals surface area (Å²) in [6.07, 6.45) is 8.65. The van der Waals surface area contributed by atoms with E-state index in [1.165, 1.54) is 25.7 Å². The van der Waals surface area contributed by atoms with Crippen LogP contribution in [-0.2, 0) is 0 Å². The van der Waals surface area contributed by atoms with E-state index in [0.717, 1.165) is 17.5 Å². The van der Waals surface area contributed by atoms with Crippen LogP contribution in [0.15, 0.2) is 17.6 Å². The Morgan fingerprint density at radius 3 is 3.00 bits per heavy atom. The molecule has 16 heavy (non-hydrogen) atoms. The smallest absolute Gasteiger partial charge is 0.165 e. The van der Waals surface area contributed by atoms with Crippen LogP contribution in [0.1, 0.15) is 39.5 Å². The molecule has 3 nitrogen and oxygen atoms in total. The standard InChI is InChI=1S/C12H23N3S/c1-3-7-13-11(4-2)6-5-10-16-12-14-8-9-15-12/h8-9,11,13H,3-7,10H2,1-2H3,(H,14,15). The zero-order valence-corrected chi connectivity index (χ0v) is 11.1. The molecular weight excluding hydrogens is 218 g/mol.